The van der Waals surface area contributed by atoms with E-state index in [1.807, 2.05) is 0 Å². The normalized spacial score (nSPS) is 26.4. The van der Waals surface area contributed by atoms with Gasteiger partial charge in [0, 0.05) is 25.2 Å². The van der Waals surface area contributed by atoms with Crippen LogP contribution in [0.1, 0.15) is 50.5 Å². The average Bonchev–Trinajstić information content (AvgIpc) is 2.66. The second-order valence-electron chi connectivity index (χ2n) is 8.46. The van der Waals surface area contributed by atoms with Crippen molar-refractivity contribution in [2.75, 3.05) is 26.2 Å². The topological polar surface area (TPSA) is 35.6 Å². The number of hydrogen-bond acceptors (Lipinski definition) is 3. The predicted octanol–water partition coefficient (Wildman–Crippen LogP) is 3.03. The van der Waals surface area contributed by atoms with Gasteiger partial charge in [-0.25, -0.2) is 0 Å². The zero-order chi connectivity index (χ0) is 17.8. The highest BCUT2D eigenvalue weighted by Crippen LogP contribution is 2.26. The van der Waals surface area contributed by atoms with Gasteiger partial charge in [0.05, 0.1) is 5.92 Å². The summed E-state index contributed by atoms with van der Waals surface area (Å²) in [5.74, 6) is 0.535. The molecule has 0 bridgehead atoms. The van der Waals surface area contributed by atoms with E-state index >= 15 is 0 Å². The van der Waals surface area contributed by atoms with Crippen molar-refractivity contribution < 1.29 is 4.79 Å². The fraction of sp³-hybridized carbons (Fsp3) is 0.682. The van der Waals surface area contributed by atoms with Crippen LogP contribution in [0, 0.1) is 5.92 Å². The van der Waals surface area contributed by atoms with Crippen molar-refractivity contribution in [3.05, 3.63) is 35.9 Å². The fourth-order valence-corrected chi connectivity index (χ4v) is 4.71. The van der Waals surface area contributed by atoms with Gasteiger partial charge in [0.2, 0.25) is 5.91 Å². The summed E-state index contributed by atoms with van der Waals surface area (Å²) in [5.41, 5.74) is 1.41. The number of carbonyl (C=O) groups is 1. The first-order valence-electron chi connectivity index (χ1n) is 10.6. The number of likely N-dealkylation sites (tertiary alicyclic amines) is 2. The molecule has 1 N–H and O–H groups in total. The number of benzene rings is 1. The van der Waals surface area contributed by atoms with Crippen LogP contribution in [0.3, 0.4) is 0 Å². The van der Waals surface area contributed by atoms with Crippen molar-refractivity contribution >= 4 is 5.91 Å². The van der Waals surface area contributed by atoms with Crippen LogP contribution in [0.5, 0.6) is 0 Å². The van der Waals surface area contributed by atoms with E-state index in [0.29, 0.717) is 18.0 Å². The van der Waals surface area contributed by atoms with Crippen LogP contribution in [0.4, 0.5) is 0 Å². The van der Waals surface area contributed by atoms with Crippen molar-refractivity contribution in [1.29, 1.82) is 0 Å². The van der Waals surface area contributed by atoms with Gasteiger partial charge in [-0.15, -0.1) is 0 Å². The summed E-state index contributed by atoms with van der Waals surface area (Å²) < 4.78 is 0. The van der Waals surface area contributed by atoms with E-state index in [-0.39, 0.29) is 5.92 Å². The summed E-state index contributed by atoms with van der Waals surface area (Å²) in [6.07, 6.45) is 8.37. The Kier molecular flexibility index (Phi) is 5.91. The van der Waals surface area contributed by atoms with Gasteiger partial charge in [0.25, 0.3) is 0 Å². The molecule has 1 aliphatic carbocycles. The Balaban J connectivity index is 1.24. The van der Waals surface area contributed by atoms with E-state index in [0.717, 1.165) is 19.5 Å². The molecule has 4 rings (SSSR count). The molecular weight excluding hydrogens is 322 g/mol. The number of hydrogen-bond donors (Lipinski definition) is 1. The lowest BCUT2D eigenvalue weighted by atomic mass is 9.90. The Labute approximate surface area is 157 Å². The largest absolute Gasteiger partial charge is 0.353 e. The van der Waals surface area contributed by atoms with Gasteiger partial charge in [-0.05, 0) is 70.1 Å². The summed E-state index contributed by atoms with van der Waals surface area (Å²) in [6, 6.07) is 11.9. The highest BCUT2D eigenvalue weighted by Gasteiger charge is 2.32. The summed E-state index contributed by atoms with van der Waals surface area (Å²) in [5, 5.41) is 3.27. The molecule has 3 aliphatic rings. The third-order valence-electron chi connectivity index (χ3n) is 6.60. The van der Waals surface area contributed by atoms with Crippen LogP contribution in [0.2, 0.25) is 0 Å². The number of amides is 1. The van der Waals surface area contributed by atoms with Crippen LogP contribution in [-0.4, -0.2) is 54.0 Å². The molecule has 0 aromatic heterocycles. The molecule has 0 radical (unpaired) electrons. The minimum Gasteiger partial charge on any atom is -0.353 e. The van der Waals surface area contributed by atoms with Crippen molar-refractivity contribution in [1.82, 2.24) is 15.1 Å². The molecule has 26 heavy (non-hydrogen) atoms. The van der Waals surface area contributed by atoms with E-state index in [4.69, 9.17) is 0 Å². The van der Waals surface area contributed by atoms with Gasteiger partial charge in [-0.2, -0.15) is 0 Å². The Morgan fingerprint density at radius 3 is 2.42 bits per heavy atom. The first-order chi connectivity index (χ1) is 12.8. The molecule has 2 saturated heterocycles. The van der Waals surface area contributed by atoms with E-state index in [1.54, 1.807) is 0 Å². The lowest BCUT2D eigenvalue weighted by Gasteiger charge is -2.42. The van der Waals surface area contributed by atoms with Crippen molar-refractivity contribution in [2.45, 2.75) is 63.6 Å². The highest BCUT2D eigenvalue weighted by molar-refractivity contribution is 5.79. The number of nitrogens with one attached hydrogen (secondary N) is 1. The van der Waals surface area contributed by atoms with Gasteiger partial charge in [0.1, 0.15) is 0 Å². The molecule has 0 spiro atoms. The smallest absolute Gasteiger partial charge is 0.224 e. The maximum atomic E-state index is 12.5. The number of nitrogens with zero attached hydrogens (tertiary/aromatic N) is 2. The molecule has 142 valence electrons. The second kappa shape index (κ2) is 8.53. The fourth-order valence-electron chi connectivity index (χ4n) is 4.71. The SMILES string of the molecule is O=C(NC1CCC1)[C@H]1CCCN(C2CCN(Cc3ccccc3)CC2)C1. The molecule has 2 heterocycles. The molecule has 1 saturated carbocycles. The van der Waals surface area contributed by atoms with E-state index in [2.05, 4.69) is 45.4 Å². The summed E-state index contributed by atoms with van der Waals surface area (Å²) in [4.78, 5) is 17.7. The van der Waals surface area contributed by atoms with Gasteiger partial charge >= 0.3 is 0 Å². The van der Waals surface area contributed by atoms with Crippen LogP contribution < -0.4 is 5.32 Å². The molecule has 1 aromatic rings. The number of carbonyl (C=O) groups excluding carboxylic acids is 1. The third-order valence-corrected chi connectivity index (χ3v) is 6.60. The highest BCUT2D eigenvalue weighted by atomic mass is 16.2. The average molecular weight is 356 g/mol. The Morgan fingerprint density at radius 2 is 1.73 bits per heavy atom. The summed E-state index contributed by atoms with van der Waals surface area (Å²) >= 11 is 0. The second-order valence-corrected chi connectivity index (χ2v) is 8.46. The molecule has 0 unspecified atom stereocenters. The van der Waals surface area contributed by atoms with Crippen molar-refractivity contribution in [3.63, 3.8) is 0 Å². The van der Waals surface area contributed by atoms with Gasteiger partial charge in [-0.3, -0.25) is 14.6 Å². The van der Waals surface area contributed by atoms with Gasteiger partial charge < -0.3 is 5.32 Å². The molecule has 4 heteroatoms. The minimum atomic E-state index is 0.215. The monoisotopic (exact) mass is 355 g/mol. The third kappa shape index (κ3) is 4.47. The maximum absolute atomic E-state index is 12.5. The zero-order valence-corrected chi connectivity index (χ0v) is 15.9. The first kappa shape index (κ1) is 18.0. The van der Waals surface area contributed by atoms with E-state index in [9.17, 15) is 4.79 Å². The lowest BCUT2D eigenvalue weighted by molar-refractivity contribution is -0.128. The summed E-state index contributed by atoms with van der Waals surface area (Å²) in [6.45, 7) is 5.57. The lowest BCUT2D eigenvalue weighted by Crippen LogP contribution is -2.52. The van der Waals surface area contributed by atoms with Crippen LogP contribution in [-0.2, 0) is 11.3 Å². The molecule has 4 nitrogen and oxygen atoms in total. The molecule has 1 atom stereocenters. The molecule has 1 aromatic carbocycles. The molecule has 3 fully saturated rings. The standard InChI is InChI=1S/C22H33N3O/c26-22(23-20-9-4-10-20)19-8-5-13-25(17-19)21-11-14-24(15-12-21)16-18-6-2-1-3-7-18/h1-3,6-7,19-21H,4-5,8-17H2,(H,23,26)/t19-/m0/s1. The van der Waals surface area contributed by atoms with E-state index in [1.165, 1.54) is 63.7 Å². The van der Waals surface area contributed by atoms with Crippen LogP contribution in [0.25, 0.3) is 0 Å². The maximum Gasteiger partial charge on any atom is 0.224 e. The number of rotatable bonds is 5. The quantitative estimate of drug-likeness (QED) is 0.882. The summed E-state index contributed by atoms with van der Waals surface area (Å²) in [7, 11) is 0. The Hall–Kier alpha value is -1.39. The predicted molar refractivity (Wildman–Crippen MR) is 105 cm³/mol. The zero-order valence-electron chi connectivity index (χ0n) is 15.9. The van der Waals surface area contributed by atoms with E-state index < -0.39 is 0 Å². The van der Waals surface area contributed by atoms with Gasteiger partial charge in [-0.1, -0.05) is 30.3 Å². The van der Waals surface area contributed by atoms with Crippen LogP contribution >= 0.6 is 0 Å². The van der Waals surface area contributed by atoms with Crippen LogP contribution in [0.15, 0.2) is 30.3 Å². The Morgan fingerprint density at radius 1 is 0.962 bits per heavy atom. The molecule has 2 aliphatic heterocycles. The Bertz CT molecular complexity index is 578. The van der Waals surface area contributed by atoms with Crippen molar-refractivity contribution in [2.24, 2.45) is 5.92 Å². The number of piperidine rings is 2. The van der Waals surface area contributed by atoms with Gasteiger partial charge in [0.15, 0.2) is 0 Å². The molecular formula is C22H33N3O. The minimum absolute atomic E-state index is 0.215. The first-order valence-corrected chi connectivity index (χ1v) is 10.6. The molecule has 1 amide bonds. The van der Waals surface area contributed by atoms with Crippen molar-refractivity contribution in [3.8, 4) is 0 Å².